The molecule has 2 aromatic carbocycles. The van der Waals surface area contributed by atoms with Crippen LogP contribution in [0.2, 0.25) is 10.0 Å². The van der Waals surface area contributed by atoms with E-state index in [4.69, 9.17) is 27.9 Å². The molecular formula is C27H22Cl2F3N3O4. The Morgan fingerprint density at radius 1 is 1.05 bits per heavy atom. The Morgan fingerprint density at radius 3 is 2.51 bits per heavy atom. The maximum Gasteiger partial charge on any atom is 0.491 e. The fourth-order valence-electron chi connectivity index (χ4n) is 4.01. The molecule has 0 spiro atoms. The van der Waals surface area contributed by atoms with E-state index in [2.05, 4.69) is 20.0 Å². The minimum atomic E-state index is -5.30. The Morgan fingerprint density at radius 2 is 1.82 bits per heavy atom. The van der Waals surface area contributed by atoms with E-state index in [0.717, 1.165) is 12.2 Å². The number of carbonyl (C=O) groups excluding carboxylic acids is 2. The van der Waals surface area contributed by atoms with Crippen molar-refractivity contribution in [1.82, 2.24) is 9.97 Å². The van der Waals surface area contributed by atoms with Crippen LogP contribution in [-0.2, 0) is 14.3 Å². The normalized spacial score (nSPS) is 12.2. The molecule has 39 heavy (non-hydrogen) atoms. The molecule has 2 N–H and O–H groups in total. The van der Waals surface area contributed by atoms with E-state index in [1.807, 2.05) is 18.2 Å². The maximum absolute atomic E-state index is 12.6. The number of hydrogen-bond donors (Lipinski definition) is 2. The quantitative estimate of drug-likeness (QED) is 0.120. The lowest BCUT2D eigenvalue weighted by molar-refractivity contribution is -0.201. The number of aromatic nitrogens is 2. The van der Waals surface area contributed by atoms with Gasteiger partial charge >= 0.3 is 18.1 Å². The summed E-state index contributed by atoms with van der Waals surface area (Å²) in [5, 5.41) is 4.43. The van der Waals surface area contributed by atoms with Crippen molar-refractivity contribution in [2.45, 2.75) is 24.9 Å². The van der Waals surface area contributed by atoms with Crippen LogP contribution in [0.4, 0.5) is 19.0 Å². The lowest BCUT2D eigenvalue weighted by atomic mass is 9.88. The number of carbonyl (C=O) groups is 2. The molecule has 7 nitrogen and oxygen atoms in total. The van der Waals surface area contributed by atoms with Crippen LogP contribution in [0.5, 0.6) is 5.75 Å². The number of anilines is 1. The smallest absolute Gasteiger partial charge is 0.491 e. The van der Waals surface area contributed by atoms with Gasteiger partial charge in [0, 0.05) is 51.9 Å². The Bertz CT molecular complexity index is 1440. The molecule has 0 radical (unpaired) electrons. The number of alkyl halides is 3. The number of H-pyrrole nitrogens is 1. The number of hydrogen-bond acceptors (Lipinski definition) is 6. The lowest BCUT2D eigenvalue weighted by Crippen LogP contribution is -2.28. The Labute approximate surface area is 231 Å². The number of benzene rings is 2. The van der Waals surface area contributed by atoms with Crippen molar-refractivity contribution >= 4 is 51.9 Å². The molecule has 0 fully saturated rings. The summed E-state index contributed by atoms with van der Waals surface area (Å²) in [4.78, 5) is 30.8. The topological polar surface area (TPSA) is 93.3 Å². The third-order valence-corrected chi connectivity index (χ3v) is 6.15. The molecule has 4 aromatic rings. The minimum absolute atomic E-state index is 0.273. The van der Waals surface area contributed by atoms with Gasteiger partial charge in [0.05, 0.1) is 13.0 Å². The van der Waals surface area contributed by atoms with Crippen molar-refractivity contribution in [2.24, 2.45) is 0 Å². The molecular weight excluding hydrogens is 558 g/mol. The SMILES string of the molecule is O=C(CC(c1cc(Cl)cc(Cl)c1)c1c[nH]c2cc(OCCCNc3ccccn3)ccc12)OC(=O)C(F)(F)F. The summed E-state index contributed by atoms with van der Waals surface area (Å²) in [6.45, 7) is 1.12. The van der Waals surface area contributed by atoms with Crippen molar-refractivity contribution in [1.29, 1.82) is 0 Å². The second-order valence-electron chi connectivity index (χ2n) is 8.51. The molecule has 2 aromatic heterocycles. The Balaban J connectivity index is 1.50. The first kappa shape index (κ1) is 28.3. The average Bonchev–Trinajstić information content (AvgIpc) is 3.29. The molecule has 0 bridgehead atoms. The van der Waals surface area contributed by atoms with E-state index in [9.17, 15) is 22.8 Å². The van der Waals surface area contributed by atoms with Crippen LogP contribution in [-0.4, -0.2) is 41.2 Å². The molecule has 4 rings (SSSR count). The van der Waals surface area contributed by atoms with E-state index in [1.165, 1.54) is 6.07 Å². The van der Waals surface area contributed by atoms with E-state index < -0.39 is 30.5 Å². The van der Waals surface area contributed by atoms with Gasteiger partial charge in [0.25, 0.3) is 0 Å². The number of pyridine rings is 1. The molecule has 1 unspecified atom stereocenters. The molecule has 204 valence electrons. The molecule has 1 atom stereocenters. The summed E-state index contributed by atoms with van der Waals surface area (Å²) in [6, 6.07) is 15.5. The van der Waals surface area contributed by atoms with Crippen LogP contribution in [0.3, 0.4) is 0 Å². The van der Waals surface area contributed by atoms with E-state index in [1.54, 1.807) is 42.7 Å². The predicted molar refractivity (Wildman–Crippen MR) is 141 cm³/mol. The van der Waals surface area contributed by atoms with Gasteiger partial charge in [0.2, 0.25) is 0 Å². The summed E-state index contributed by atoms with van der Waals surface area (Å²) < 4.78 is 47.7. The zero-order valence-corrected chi connectivity index (χ0v) is 21.7. The van der Waals surface area contributed by atoms with Gasteiger partial charge < -0.3 is 19.8 Å². The van der Waals surface area contributed by atoms with Gasteiger partial charge in [-0.2, -0.15) is 13.2 Å². The molecule has 0 saturated heterocycles. The van der Waals surface area contributed by atoms with Crippen LogP contribution in [0.1, 0.15) is 29.9 Å². The molecule has 0 aliphatic rings. The molecule has 0 aliphatic heterocycles. The zero-order valence-electron chi connectivity index (χ0n) is 20.2. The summed E-state index contributed by atoms with van der Waals surface area (Å²) in [5.74, 6) is -3.35. The van der Waals surface area contributed by atoms with Gasteiger partial charge in [0.1, 0.15) is 11.6 Å². The molecule has 12 heteroatoms. The Hall–Kier alpha value is -3.76. The summed E-state index contributed by atoms with van der Waals surface area (Å²) >= 11 is 12.3. The van der Waals surface area contributed by atoms with Crippen LogP contribution in [0.25, 0.3) is 10.9 Å². The van der Waals surface area contributed by atoms with Crippen molar-refractivity contribution in [3.63, 3.8) is 0 Å². The van der Waals surface area contributed by atoms with Gasteiger partial charge in [-0.1, -0.05) is 29.3 Å². The monoisotopic (exact) mass is 579 g/mol. The summed E-state index contributed by atoms with van der Waals surface area (Å²) in [6.07, 6.45) is -1.80. The van der Waals surface area contributed by atoms with Crippen molar-refractivity contribution in [3.05, 3.63) is 88.2 Å². The van der Waals surface area contributed by atoms with E-state index in [0.29, 0.717) is 40.9 Å². The number of esters is 2. The number of rotatable bonds is 10. The first-order valence-corrected chi connectivity index (χ1v) is 12.5. The lowest BCUT2D eigenvalue weighted by Gasteiger charge is -2.17. The highest BCUT2D eigenvalue weighted by molar-refractivity contribution is 6.34. The third-order valence-electron chi connectivity index (χ3n) is 5.72. The Kier molecular flexibility index (Phi) is 8.98. The van der Waals surface area contributed by atoms with Crippen LogP contribution >= 0.6 is 23.2 Å². The number of nitrogens with zero attached hydrogens (tertiary/aromatic N) is 1. The average molecular weight is 580 g/mol. The highest BCUT2D eigenvalue weighted by Gasteiger charge is 2.42. The van der Waals surface area contributed by atoms with Crippen molar-refractivity contribution in [3.8, 4) is 5.75 Å². The molecule has 0 amide bonds. The van der Waals surface area contributed by atoms with E-state index >= 15 is 0 Å². The van der Waals surface area contributed by atoms with Crippen LogP contribution in [0, 0.1) is 0 Å². The summed E-state index contributed by atoms with van der Waals surface area (Å²) in [5.41, 5.74) is 1.71. The van der Waals surface area contributed by atoms with Gasteiger partial charge in [-0.15, -0.1) is 0 Å². The fraction of sp³-hybridized carbons (Fsp3) is 0.222. The minimum Gasteiger partial charge on any atom is -0.493 e. The van der Waals surface area contributed by atoms with E-state index in [-0.39, 0.29) is 10.0 Å². The first-order chi connectivity index (χ1) is 18.6. The second kappa shape index (κ2) is 12.4. The standard InChI is InChI=1S/C27H22Cl2F3N3O4/c28-17-10-16(11-18(29)12-17)21(14-25(36)39-26(37)27(30,31)32)22-15-35-23-13-19(5-6-20(22)23)38-9-3-8-34-24-4-1-2-7-33-24/h1-2,4-7,10-13,15,21,35H,3,8-9,14H2,(H,33,34). The molecule has 0 saturated carbocycles. The highest BCUT2D eigenvalue weighted by atomic mass is 35.5. The van der Waals surface area contributed by atoms with Crippen molar-refractivity contribution < 1.29 is 32.2 Å². The van der Waals surface area contributed by atoms with Gasteiger partial charge in [-0.3, -0.25) is 4.79 Å². The number of ether oxygens (including phenoxy) is 2. The van der Waals surface area contributed by atoms with Crippen molar-refractivity contribution in [2.75, 3.05) is 18.5 Å². The first-order valence-electron chi connectivity index (χ1n) is 11.8. The largest absolute Gasteiger partial charge is 0.493 e. The number of fused-ring (bicyclic) bond motifs is 1. The summed E-state index contributed by atoms with van der Waals surface area (Å²) in [7, 11) is 0. The molecule has 0 aliphatic carbocycles. The van der Waals surface area contributed by atoms with Gasteiger partial charge in [-0.25, -0.2) is 9.78 Å². The fourth-order valence-corrected chi connectivity index (χ4v) is 4.55. The second-order valence-corrected chi connectivity index (χ2v) is 9.39. The number of aromatic amines is 1. The van der Waals surface area contributed by atoms with Crippen LogP contribution < -0.4 is 10.1 Å². The van der Waals surface area contributed by atoms with Gasteiger partial charge in [-0.05, 0) is 60.0 Å². The van der Waals surface area contributed by atoms with Gasteiger partial charge in [0.15, 0.2) is 0 Å². The third kappa shape index (κ3) is 7.64. The molecule has 2 heterocycles. The predicted octanol–water partition coefficient (Wildman–Crippen LogP) is 6.90. The number of halogens is 5. The van der Waals surface area contributed by atoms with Crippen LogP contribution in [0.15, 0.2) is 67.0 Å². The maximum atomic E-state index is 12.6. The zero-order chi connectivity index (χ0) is 28.0. The number of nitrogens with one attached hydrogen (secondary N) is 2. The highest BCUT2D eigenvalue weighted by Crippen LogP contribution is 2.37.